The molecule has 0 radical (unpaired) electrons. The van der Waals surface area contributed by atoms with Gasteiger partial charge >= 0.3 is 0 Å². The number of aliphatic hydroxyl groups is 4. The number of methoxy groups -OCH3 is 1. The third-order valence-electron chi connectivity index (χ3n) is 5.97. The maximum Gasteiger partial charge on any atom is 0.142 e. The number of benzene rings is 1. The van der Waals surface area contributed by atoms with Crippen LogP contribution in [0.3, 0.4) is 0 Å². The van der Waals surface area contributed by atoms with Crippen molar-refractivity contribution in [1.82, 2.24) is 15.1 Å². The van der Waals surface area contributed by atoms with E-state index in [1.54, 1.807) is 13.3 Å². The summed E-state index contributed by atoms with van der Waals surface area (Å²) in [5, 5.41) is 50.7. The molecule has 0 spiro atoms. The predicted octanol–water partition coefficient (Wildman–Crippen LogP) is 0.884. The van der Waals surface area contributed by atoms with Gasteiger partial charge in [-0.3, -0.25) is 4.90 Å². The minimum absolute atomic E-state index is 0.244. The summed E-state index contributed by atoms with van der Waals surface area (Å²) in [4.78, 5) is 1.86. The van der Waals surface area contributed by atoms with Crippen molar-refractivity contribution in [3.8, 4) is 17.0 Å². The summed E-state index contributed by atoms with van der Waals surface area (Å²) in [7, 11) is 1.65. The number of nitrogens with zero attached hydrogens (tertiary/aromatic N) is 3. The zero-order chi connectivity index (χ0) is 22.9. The SMILES string of the molecule is COc1cc(-c2cccnn2)ccc1NCCCCCCN1C[C@H](O)[C@@H](O)[C@H](O)[C@H]1CO. The van der Waals surface area contributed by atoms with Crippen molar-refractivity contribution in [3.05, 3.63) is 36.5 Å². The molecular formula is C23H34N4O5. The molecule has 2 aromatic rings. The molecule has 0 saturated carbocycles. The van der Waals surface area contributed by atoms with Gasteiger partial charge in [-0.2, -0.15) is 10.2 Å². The number of anilines is 1. The maximum absolute atomic E-state index is 10.0. The zero-order valence-corrected chi connectivity index (χ0v) is 18.5. The number of likely N-dealkylation sites (tertiary alicyclic amines) is 1. The fraction of sp³-hybridized carbons (Fsp3) is 0.565. The Balaban J connectivity index is 1.38. The van der Waals surface area contributed by atoms with Gasteiger partial charge in [-0.15, -0.1) is 0 Å². The van der Waals surface area contributed by atoms with E-state index in [-0.39, 0.29) is 13.2 Å². The van der Waals surface area contributed by atoms with E-state index in [0.29, 0.717) is 6.54 Å². The van der Waals surface area contributed by atoms with Gasteiger partial charge in [-0.05, 0) is 43.7 Å². The molecule has 1 aliphatic rings. The predicted molar refractivity (Wildman–Crippen MR) is 121 cm³/mol. The Labute approximate surface area is 188 Å². The van der Waals surface area contributed by atoms with Gasteiger partial charge in [-0.25, -0.2) is 0 Å². The lowest BCUT2D eigenvalue weighted by Crippen LogP contribution is -2.62. The second kappa shape index (κ2) is 12.1. The standard InChI is InChI=1S/C23H34N4O5/c1-32-21-13-16(17-7-6-11-25-26-17)8-9-18(21)24-10-4-2-3-5-12-27-14-20(29)23(31)22(30)19(27)15-28/h6-9,11,13,19-20,22-24,28-31H,2-5,10,12,14-15H2,1H3/t19-,20+,22-,23-/m1/s1. The number of aliphatic hydroxyl groups excluding tert-OH is 4. The lowest BCUT2D eigenvalue weighted by Gasteiger charge is -2.43. The van der Waals surface area contributed by atoms with Gasteiger partial charge in [0.2, 0.25) is 0 Å². The Morgan fingerprint density at radius 1 is 1.09 bits per heavy atom. The zero-order valence-electron chi connectivity index (χ0n) is 18.5. The third-order valence-corrected chi connectivity index (χ3v) is 5.97. The second-order valence-electron chi connectivity index (χ2n) is 8.16. The highest BCUT2D eigenvalue weighted by molar-refractivity contribution is 5.68. The van der Waals surface area contributed by atoms with E-state index in [9.17, 15) is 20.4 Å². The average molecular weight is 447 g/mol. The van der Waals surface area contributed by atoms with E-state index in [0.717, 1.165) is 54.9 Å². The van der Waals surface area contributed by atoms with Gasteiger partial charge in [0.05, 0.1) is 37.2 Å². The van der Waals surface area contributed by atoms with Crippen LogP contribution < -0.4 is 10.1 Å². The van der Waals surface area contributed by atoms with Crippen molar-refractivity contribution < 1.29 is 25.2 Å². The summed E-state index contributed by atoms with van der Waals surface area (Å²) < 4.78 is 5.52. The van der Waals surface area contributed by atoms with Crippen LogP contribution in [0.1, 0.15) is 25.7 Å². The van der Waals surface area contributed by atoms with E-state index in [1.165, 1.54) is 0 Å². The Morgan fingerprint density at radius 3 is 2.62 bits per heavy atom. The third kappa shape index (κ3) is 6.14. The fourth-order valence-electron chi connectivity index (χ4n) is 4.10. The molecule has 176 valence electrons. The van der Waals surface area contributed by atoms with Crippen LogP contribution in [0.4, 0.5) is 5.69 Å². The second-order valence-corrected chi connectivity index (χ2v) is 8.16. The number of hydrogen-bond acceptors (Lipinski definition) is 9. The summed E-state index contributed by atoms with van der Waals surface area (Å²) >= 11 is 0. The number of unbranched alkanes of at least 4 members (excludes halogenated alkanes) is 3. The minimum Gasteiger partial charge on any atom is -0.495 e. The summed E-state index contributed by atoms with van der Waals surface area (Å²) in [6, 6.07) is 9.15. The molecule has 32 heavy (non-hydrogen) atoms. The van der Waals surface area contributed by atoms with Crippen LogP contribution in [-0.2, 0) is 0 Å². The fourth-order valence-corrected chi connectivity index (χ4v) is 4.10. The molecular weight excluding hydrogens is 412 g/mol. The van der Waals surface area contributed by atoms with Crippen molar-refractivity contribution in [1.29, 1.82) is 0 Å². The molecule has 0 amide bonds. The number of piperidine rings is 1. The van der Waals surface area contributed by atoms with Crippen molar-refractivity contribution in [3.63, 3.8) is 0 Å². The van der Waals surface area contributed by atoms with Gasteiger partial charge in [0, 0.05) is 24.8 Å². The van der Waals surface area contributed by atoms with Crippen molar-refractivity contribution >= 4 is 5.69 Å². The van der Waals surface area contributed by atoms with E-state index >= 15 is 0 Å². The van der Waals surface area contributed by atoms with Crippen LogP contribution in [0.5, 0.6) is 5.75 Å². The molecule has 9 heteroatoms. The van der Waals surface area contributed by atoms with Crippen molar-refractivity contribution in [2.45, 2.75) is 50.0 Å². The lowest BCUT2D eigenvalue weighted by molar-refractivity contribution is -0.145. The highest BCUT2D eigenvalue weighted by atomic mass is 16.5. The summed E-state index contributed by atoms with van der Waals surface area (Å²) in [5.74, 6) is 0.757. The highest BCUT2D eigenvalue weighted by Crippen LogP contribution is 2.29. The molecule has 2 heterocycles. The number of hydrogen-bond donors (Lipinski definition) is 5. The monoisotopic (exact) mass is 446 g/mol. The molecule has 1 aromatic carbocycles. The first-order valence-electron chi connectivity index (χ1n) is 11.1. The topological polar surface area (TPSA) is 131 Å². The molecule has 0 bridgehead atoms. The Hall–Kier alpha value is -2.30. The molecule has 5 N–H and O–H groups in total. The van der Waals surface area contributed by atoms with E-state index in [1.807, 2.05) is 35.2 Å². The molecule has 0 unspecified atom stereocenters. The summed E-state index contributed by atoms with van der Waals surface area (Å²) in [6.45, 7) is 1.49. The van der Waals surface area contributed by atoms with Crippen LogP contribution >= 0.6 is 0 Å². The van der Waals surface area contributed by atoms with E-state index in [4.69, 9.17) is 4.74 Å². The lowest BCUT2D eigenvalue weighted by atomic mass is 9.94. The first-order valence-corrected chi connectivity index (χ1v) is 11.1. The van der Waals surface area contributed by atoms with Crippen molar-refractivity contribution in [2.24, 2.45) is 0 Å². The van der Waals surface area contributed by atoms with E-state index < -0.39 is 24.4 Å². The summed E-state index contributed by atoms with van der Waals surface area (Å²) in [6.07, 6.45) is 2.21. The first-order chi connectivity index (χ1) is 15.5. The molecule has 1 aromatic heterocycles. The van der Waals surface area contributed by atoms with Crippen LogP contribution in [0.25, 0.3) is 11.3 Å². The quantitative estimate of drug-likeness (QED) is 0.319. The van der Waals surface area contributed by atoms with Gasteiger partial charge < -0.3 is 30.5 Å². The minimum atomic E-state index is -1.21. The number of ether oxygens (including phenoxy) is 1. The first kappa shape index (κ1) is 24.3. The van der Waals surface area contributed by atoms with Gasteiger partial charge in [0.1, 0.15) is 18.0 Å². The molecule has 1 aliphatic heterocycles. The smallest absolute Gasteiger partial charge is 0.142 e. The van der Waals surface area contributed by atoms with Crippen LogP contribution in [0, 0.1) is 0 Å². The molecule has 4 atom stereocenters. The number of β-amino-alcohol motifs (C(OH)–C–C–N with tert-alkyl or cyclic N) is 1. The molecule has 3 rings (SSSR count). The molecule has 1 fully saturated rings. The number of aromatic nitrogens is 2. The maximum atomic E-state index is 10.0. The largest absolute Gasteiger partial charge is 0.495 e. The van der Waals surface area contributed by atoms with Crippen LogP contribution in [0.2, 0.25) is 0 Å². The Kier molecular flexibility index (Phi) is 9.19. The molecule has 0 aliphatic carbocycles. The summed E-state index contributed by atoms with van der Waals surface area (Å²) in [5.41, 5.74) is 2.67. The molecule has 9 nitrogen and oxygen atoms in total. The average Bonchev–Trinajstić information content (AvgIpc) is 2.82. The normalized spacial score (nSPS) is 23.8. The number of rotatable bonds is 11. The van der Waals surface area contributed by atoms with Gasteiger partial charge in [0.15, 0.2) is 0 Å². The highest BCUT2D eigenvalue weighted by Gasteiger charge is 2.40. The van der Waals surface area contributed by atoms with Gasteiger partial charge in [0.25, 0.3) is 0 Å². The van der Waals surface area contributed by atoms with Crippen LogP contribution in [0.15, 0.2) is 36.5 Å². The Bertz CT molecular complexity index is 825. The van der Waals surface area contributed by atoms with Gasteiger partial charge in [-0.1, -0.05) is 18.9 Å². The van der Waals surface area contributed by atoms with Crippen LogP contribution in [-0.4, -0.2) is 93.2 Å². The molecule has 1 saturated heterocycles. The van der Waals surface area contributed by atoms with E-state index in [2.05, 4.69) is 15.5 Å². The number of nitrogens with one attached hydrogen (secondary N) is 1. The Morgan fingerprint density at radius 2 is 1.91 bits per heavy atom. The van der Waals surface area contributed by atoms with Crippen molar-refractivity contribution in [2.75, 3.05) is 38.7 Å².